The zero-order chi connectivity index (χ0) is 18.1. The molecular formula is C17H16BrN5O2S. The van der Waals surface area contributed by atoms with Gasteiger partial charge in [0.1, 0.15) is 15.9 Å². The number of amides is 1. The first kappa shape index (κ1) is 17.3. The van der Waals surface area contributed by atoms with Gasteiger partial charge < -0.3 is 10.0 Å². The molecule has 0 unspecified atom stereocenters. The fraction of sp³-hybridized carbons (Fsp3) is 0.294. The number of nitrogens with zero attached hydrogens (tertiary/aromatic N) is 5. The van der Waals surface area contributed by atoms with E-state index < -0.39 is 5.60 Å². The van der Waals surface area contributed by atoms with E-state index in [1.165, 1.54) is 11.3 Å². The van der Waals surface area contributed by atoms with Crippen LogP contribution in [0, 0.1) is 0 Å². The summed E-state index contributed by atoms with van der Waals surface area (Å²) >= 11 is 4.81. The van der Waals surface area contributed by atoms with Gasteiger partial charge in [-0.15, -0.1) is 11.3 Å². The quantitative estimate of drug-likeness (QED) is 0.685. The Kier molecular flexibility index (Phi) is 4.60. The summed E-state index contributed by atoms with van der Waals surface area (Å²) in [5, 5.41) is 15.1. The molecular weight excluding hydrogens is 418 g/mol. The fourth-order valence-electron chi connectivity index (χ4n) is 3.08. The maximum Gasteiger partial charge on any atom is 0.272 e. The number of carbonyl (C=O) groups excluding carboxylic acids is 1. The summed E-state index contributed by atoms with van der Waals surface area (Å²) in [5.74, 6) is 0.465. The Morgan fingerprint density at radius 3 is 2.73 bits per heavy atom. The van der Waals surface area contributed by atoms with Gasteiger partial charge in [0.15, 0.2) is 5.82 Å². The molecule has 0 aromatic carbocycles. The third-order valence-electron chi connectivity index (χ3n) is 4.52. The first-order chi connectivity index (χ1) is 12.6. The summed E-state index contributed by atoms with van der Waals surface area (Å²) in [6.45, 7) is 0.931. The molecule has 1 fully saturated rings. The van der Waals surface area contributed by atoms with Gasteiger partial charge in [0, 0.05) is 25.5 Å². The van der Waals surface area contributed by atoms with Crippen molar-refractivity contribution < 1.29 is 9.90 Å². The molecule has 3 aromatic heterocycles. The van der Waals surface area contributed by atoms with Crippen molar-refractivity contribution in [2.24, 2.45) is 0 Å². The number of halogens is 1. The molecule has 0 spiro atoms. The van der Waals surface area contributed by atoms with Crippen LogP contribution in [0.15, 0.2) is 46.8 Å². The SMILES string of the molecule is O=C(c1cccc(-n2cccn2)n1)N1CCC(O)(c2scnc2Br)CC1. The Morgan fingerprint density at radius 2 is 2.08 bits per heavy atom. The molecule has 26 heavy (non-hydrogen) atoms. The predicted octanol–water partition coefficient (Wildman–Crippen LogP) is 2.61. The van der Waals surface area contributed by atoms with Gasteiger partial charge in [-0.05, 0) is 47.0 Å². The lowest BCUT2D eigenvalue weighted by molar-refractivity contribution is -0.0191. The summed E-state index contributed by atoms with van der Waals surface area (Å²) < 4.78 is 2.30. The number of thiazole rings is 1. The molecule has 7 nitrogen and oxygen atoms in total. The van der Waals surface area contributed by atoms with Crippen molar-refractivity contribution in [3.05, 3.63) is 57.3 Å². The van der Waals surface area contributed by atoms with Crippen LogP contribution in [0.3, 0.4) is 0 Å². The molecule has 1 amide bonds. The lowest BCUT2D eigenvalue weighted by atomic mass is 9.90. The normalized spacial score (nSPS) is 16.6. The summed E-state index contributed by atoms with van der Waals surface area (Å²) in [5.41, 5.74) is 1.14. The number of hydrogen-bond acceptors (Lipinski definition) is 6. The Labute approximate surface area is 162 Å². The Bertz CT molecular complexity index is 919. The minimum absolute atomic E-state index is 0.135. The van der Waals surface area contributed by atoms with Gasteiger partial charge in [0.05, 0.1) is 10.4 Å². The van der Waals surface area contributed by atoms with Crippen LogP contribution in [0.25, 0.3) is 5.82 Å². The van der Waals surface area contributed by atoms with Gasteiger partial charge in [-0.1, -0.05) is 6.07 Å². The molecule has 9 heteroatoms. The maximum absolute atomic E-state index is 12.8. The van der Waals surface area contributed by atoms with Crippen molar-refractivity contribution in [3.63, 3.8) is 0 Å². The molecule has 1 N–H and O–H groups in total. The molecule has 0 saturated carbocycles. The van der Waals surface area contributed by atoms with Crippen LogP contribution in [0.5, 0.6) is 0 Å². The van der Waals surface area contributed by atoms with E-state index in [4.69, 9.17) is 0 Å². The maximum atomic E-state index is 12.8. The van der Waals surface area contributed by atoms with Gasteiger partial charge in [-0.3, -0.25) is 4.79 Å². The van der Waals surface area contributed by atoms with Gasteiger partial charge in [0.25, 0.3) is 5.91 Å². The highest BCUT2D eigenvalue weighted by Gasteiger charge is 2.38. The van der Waals surface area contributed by atoms with Crippen LogP contribution in [0.2, 0.25) is 0 Å². The molecule has 134 valence electrons. The predicted molar refractivity (Wildman–Crippen MR) is 100 cm³/mol. The van der Waals surface area contributed by atoms with Gasteiger partial charge in [0.2, 0.25) is 0 Å². The van der Waals surface area contributed by atoms with Crippen LogP contribution >= 0.6 is 27.3 Å². The number of rotatable bonds is 3. The monoisotopic (exact) mass is 433 g/mol. The minimum Gasteiger partial charge on any atom is -0.384 e. The molecule has 4 rings (SSSR count). The van der Waals surface area contributed by atoms with E-state index in [0.29, 0.717) is 42.0 Å². The minimum atomic E-state index is -0.943. The van der Waals surface area contributed by atoms with Gasteiger partial charge in [-0.2, -0.15) is 5.10 Å². The fourth-order valence-corrected chi connectivity index (χ4v) is 4.80. The van der Waals surface area contributed by atoms with Crippen LogP contribution < -0.4 is 0 Å². The van der Waals surface area contributed by atoms with Crippen molar-refractivity contribution in [2.45, 2.75) is 18.4 Å². The highest BCUT2D eigenvalue weighted by atomic mass is 79.9. The molecule has 0 aliphatic carbocycles. The molecule has 1 saturated heterocycles. The Hall–Kier alpha value is -2.10. The topological polar surface area (TPSA) is 84.1 Å². The number of likely N-dealkylation sites (tertiary alicyclic amines) is 1. The van der Waals surface area contributed by atoms with Crippen molar-refractivity contribution >= 4 is 33.2 Å². The number of pyridine rings is 1. The van der Waals surface area contributed by atoms with E-state index >= 15 is 0 Å². The molecule has 4 heterocycles. The number of aliphatic hydroxyl groups is 1. The molecule has 0 radical (unpaired) electrons. The van der Waals surface area contributed by atoms with Crippen molar-refractivity contribution in [1.29, 1.82) is 0 Å². The molecule has 1 aliphatic heterocycles. The Morgan fingerprint density at radius 1 is 1.27 bits per heavy atom. The number of carbonyl (C=O) groups is 1. The lowest BCUT2D eigenvalue weighted by Gasteiger charge is -2.37. The third-order valence-corrected chi connectivity index (χ3v) is 6.40. The van der Waals surface area contributed by atoms with E-state index in [9.17, 15) is 9.90 Å². The first-order valence-electron chi connectivity index (χ1n) is 8.15. The van der Waals surface area contributed by atoms with E-state index in [1.807, 2.05) is 0 Å². The Balaban J connectivity index is 1.49. The molecule has 0 atom stereocenters. The van der Waals surface area contributed by atoms with Crippen LogP contribution in [-0.4, -0.2) is 48.8 Å². The van der Waals surface area contributed by atoms with Gasteiger partial charge >= 0.3 is 0 Å². The summed E-state index contributed by atoms with van der Waals surface area (Å²) in [6, 6.07) is 7.11. The second-order valence-corrected chi connectivity index (χ2v) is 7.73. The molecule has 3 aromatic rings. The number of hydrogen-bond donors (Lipinski definition) is 1. The second kappa shape index (κ2) is 6.90. The van der Waals surface area contributed by atoms with Crippen molar-refractivity contribution in [1.82, 2.24) is 24.6 Å². The van der Waals surface area contributed by atoms with E-state index in [1.54, 1.807) is 51.8 Å². The first-order valence-corrected chi connectivity index (χ1v) is 9.82. The average Bonchev–Trinajstić information content (AvgIpc) is 3.34. The summed E-state index contributed by atoms with van der Waals surface area (Å²) in [4.78, 5) is 23.9. The van der Waals surface area contributed by atoms with Gasteiger partial charge in [-0.25, -0.2) is 14.6 Å². The van der Waals surface area contributed by atoms with E-state index in [0.717, 1.165) is 4.88 Å². The van der Waals surface area contributed by atoms with Crippen LogP contribution in [0.4, 0.5) is 0 Å². The standard InChI is InChI=1S/C17H16BrN5O2S/c18-15-14(26-11-19-15)17(25)5-9-22(10-6-17)16(24)12-3-1-4-13(21-12)23-8-2-7-20-23/h1-4,7-8,11,25H,5-6,9-10H2. The zero-order valence-corrected chi connectivity index (χ0v) is 16.2. The van der Waals surface area contributed by atoms with Crippen molar-refractivity contribution in [3.8, 4) is 5.82 Å². The largest absolute Gasteiger partial charge is 0.384 e. The molecule has 0 bridgehead atoms. The number of piperidine rings is 1. The second-order valence-electron chi connectivity index (χ2n) is 6.13. The highest BCUT2D eigenvalue weighted by molar-refractivity contribution is 9.10. The smallest absolute Gasteiger partial charge is 0.272 e. The number of aromatic nitrogens is 4. The summed E-state index contributed by atoms with van der Waals surface area (Å²) in [7, 11) is 0. The summed E-state index contributed by atoms with van der Waals surface area (Å²) in [6.07, 6.45) is 4.39. The third kappa shape index (κ3) is 3.17. The van der Waals surface area contributed by atoms with Crippen LogP contribution in [0.1, 0.15) is 28.2 Å². The van der Waals surface area contributed by atoms with Crippen molar-refractivity contribution in [2.75, 3.05) is 13.1 Å². The molecule has 1 aliphatic rings. The van der Waals surface area contributed by atoms with E-state index in [2.05, 4.69) is 31.0 Å². The zero-order valence-electron chi connectivity index (χ0n) is 13.7. The average molecular weight is 434 g/mol. The highest BCUT2D eigenvalue weighted by Crippen LogP contribution is 2.39. The van der Waals surface area contributed by atoms with E-state index in [-0.39, 0.29) is 5.91 Å². The lowest BCUT2D eigenvalue weighted by Crippen LogP contribution is -2.45. The van der Waals surface area contributed by atoms with Crippen LogP contribution in [-0.2, 0) is 5.60 Å².